The Balaban J connectivity index is 1.70. The van der Waals surface area contributed by atoms with Crippen LogP contribution >= 0.6 is 0 Å². The molecular formula is C16H21NO4S. The molecule has 2 heterocycles. The molecule has 0 aliphatic carbocycles. The number of nitrogens with zero attached hydrogens (tertiary/aromatic N) is 1. The van der Waals surface area contributed by atoms with Crippen LogP contribution in [0.2, 0.25) is 0 Å². The summed E-state index contributed by atoms with van der Waals surface area (Å²) >= 11 is 0. The van der Waals surface area contributed by atoms with Gasteiger partial charge in [-0.05, 0) is 30.5 Å². The fraction of sp³-hybridized carbons (Fsp3) is 0.562. The molecule has 1 atom stereocenters. The second kappa shape index (κ2) is 5.91. The van der Waals surface area contributed by atoms with Crippen molar-refractivity contribution >= 4 is 15.7 Å². The topological polar surface area (TPSA) is 63.7 Å². The van der Waals surface area contributed by atoms with Gasteiger partial charge in [-0.15, -0.1) is 0 Å². The van der Waals surface area contributed by atoms with Gasteiger partial charge < -0.3 is 9.64 Å². The number of hydrogen-bond donors (Lipinski definition) is 0. The Morgan fingerprint density at radius 2 is 2.23 bits per heavy atom. The van der Waals surface area contributed by atoms with Gasteiger partial charge in [0.05, 0.1) is 24.5 Å². The molecule has 5 nitrogen and oxygen atoms in total. The first-order valence-corrected chi connectivity index (χ1v) is 9.55. The van der Waals surface area contributed by atoms with E-state index in [1.165, 1.54) is 0 Å². The van der Waals surface area contributed by atoms with Crippen LogP contribution in [0.1, 0.15) is 24.5 Å². The lowest BCUT2D eigenvalue weighted by Gasteiger charge is -2.27. The van der Waals surface area contributed by atoms with Crippen molar-refractivity contribution in [2.45, 2.75) is 32.2 Å². The highest BCUT2D eigenvalue weighted by atomic mass is 32.2. The van der Waals surface area contributed by atoms with Gasteiger partial charge in [0.15, 0.2) is 9.84 Å². The smallest absolute Gasteiger partial charge is 0.227 e. The average Bonchev–Trinajstić information content (AvgIpc) is 3.05. The van der Waals surface area contributed by atoms with Crippen LogP contribution in [0.25, 0.3) is 0 Å². The molecule has 0 spiro atoms. The first-order valence-electron chi connectivity index (χ1n) is 7.73. The zero-order valence-electron chi connectivity index (χ0n) is 12.7. The molecule has 1 unspecified atom stereocenters. The van der Waals surface area contributed by atoms with Crippen LogP contribution in [-0.4, -0.2) is 49.9 Å². The Bertz CT molecular complexity index is 683. The first kappa shape index (κ1) is 15.3. The van der Waals surface area contributed by atoms with Crippen LogP contribution in [0.4, 0.5) is 0 Å². The highest BCUT2D eigenvalue weighted by Gasteiger charge is 2.33. The van der Waals surface area contributed by atoms with E-state index >= 15 is 0 Å². The van der Waals surface area contributed by atoms with Crippen molar-refractivity contribution in [3.05, 3.63) is 29.3 Å². The van der Waals surface area contributed by atoms with E-state index in [2.05, 4.69) is 0 Å². The molecule has 1 amide bonds. The number of amides is 1. The van der Waals surface area contributed by atoms with Gasteiger partial charge >= 0.3 is 0 Å². The van der Waals surface area contributed by atoms with Gasteiger partial charge in [-0.2, -0.15) is 0 Å². The Morgan fingerprint density at radius 1 is 1.41 bits per heavy atom. The number of sulfone groups is 1. The molecular weight excluding hydrogens is 302 g/mol. The summed E-state index contributed by atoms with van der Waals surface area (Å²) in [4.78, 5) is 14.3. The minimum atomic E-state index is -2.98. The fourth-order valence-electron chi connectivity index (χ4n) is 3.29. The van der Waals surface area contributed by atoms with Crippen LogP contribution in [0.15, 0.2) is 18.2 Å². The second-order valence-corrected chi connectivity index (χ2v) is 8.18. The minimum absolute atomic E-state index is 0.00321. The van der Waals surface area contributed by atoms with E-state index in [-0.39, 0.29) is 23.5 Å². The van der Waals surface area contributed by atoms with Gasteiger partial charge in [0.2, 0.25) is 5.91 Å². The van der Waals surface area contributed by atoms with Crippen molar-refractivity contribution in [1.29, 1.82) is 0 Å². The van der Waals surface area contributed by atoms with Crippen molar-refractivity contribution in [2.24, 2.45) is 0 Å². The zero-order chi connectivity index (χ0) is 15.7. The summed E-state index contributed by atoms with van der Waals surface area (Å²) in [5.74, 6) is 1.20. The number of benzene rings is 1. The Hall–Kier alpha value is -1.56. The van der Waals surface area contributed by atoms with Gasteiger partial charge in [0.25, 0.3) is 0 Å². The van der Waals surface area contributed by atoms with Gasteiger partial charge in [-0.1, -0.05) is 12.1 Å². The second-order valence-electron chi connectivity index (χ2n) is 5.95. The molecule has 1 fully saturated rings. The molecule has 1 aromatic carbocycles. The largest absolute Gasteiger partial charge is 0.493 e. The quantitative estimate of drug-likeness (QED) is 0.835. The number of fused-ring (bicyclic) bond motifs is 1. The van der Waals surface area contributed by atoms with E-state index in [4.69, 9.17) is 4.74 Å². The number of carbonyl (C=O) groups is 1. The normalized spacial score (nSPS) is 22.1. The molecule has 3 rings (SSSR count). The molecule has 0 saturated carbocycles. The third kappa shape index (κ3) is 3.11. The van der Waals surface area contributed by atoms with E-state index in [0.29, 0.717) is 26.0 Å². The van der Waals surface area contributed by atoms with Gasteiger partial charge in [-0.25, -0.2) is 8.42 Å². The molecule has 0 aromatic heterocycles. The van der Waals surface area contributed by atoms with E-state index in [9.17, 15) is 13.2 Å². The van der Waals surface area contributed by atoms with Gasteiger partial charge in [0, 0.05) is 19.0 Å². The highest BCUT2D eigenvalue weighted by Crippen LogP contribution is 2.26. The summed E-state index contributed by atoms with van der Waals surface area (Å²) in [5, 5.41) is 0. The summed E-state index contributed by atoms with van der Waals surface area (Å²) in [5.41, 5.74) is 2.12. The fourth-order valence-corrected chi connectivity index (χ4v) is 5.02. The number of carbonyl (C=O) groups excluding carboxylic acids is 1. The maximum absolute atomic E-state index is 12.5. The maximum atomic E-state index is 12.5. The standard InChI is InChI=1S/C16H21NO4S/c1-2-17(14-6-8-22(19,20)11-14)16(18)10-12-3-4-15-13(9-12)5-7-21-15/h3-4,9,14H,2,5-8,10-11H2,1H3. The molecule has 1 aromatic rings. The maximum Gasteiger partial charge on any atom is 0.227 e. The molecule has 0 N–H and O–H groups in total. The summed E-state index contributed by atoms with van der Waals surface area (Å²) in [6.45, 7) is 3.15. The zero-order valence-corrected chi connectivity index (χ0v) is 13.6. The van der Waals surface area contributed by atoms with E-state index in [0.717, 1.165) is 23.3 Å². The van der Waals surface area contributed by atoms with E-state index in [1.807, 2.05) is 25.1 Å². The van der Waals surface area contributed by atoms with E-state index < -0.39 is 9.84 Å². The van der Waals surface area contributed by atoms with Crippen LogP contribution < -0.4 is 4.74 Å². The third-order valence-electron chi connectivity index (χ3n) is 4.42. The molecule has 0 radical (unpaired) electrons. The van der Waals surface area contributed by atoms with Gasteiger partial charge in [0.1, 0.15) is 5.75 Å². The lowest BCUT2D eigenvalue weighted by Crippen LogP contribution is -2.41. The van der Waals surface area contributed by atoms with Crippen LogP contribution in [0, 0.1) is 0 Å². The van der Waals surface area contributed by atoms with Crippen molar-refractivity contribution in [3.63, 3.8) is 0 Å². The van der Waals surface area contributed by atoms with Crippen molar-refractivity contribution < 1.29 is 17.9 Å². The lowest BCUT2D eigenvalue weighted by atomic mass is 10.0. The Morgan fingerprint density at radius 3 is 2.91 bits per heavy atom. The number of likely N-dealkylation sites (N-methyl/N-ethyl adjacent to an activating group) is 1. The molecule has 6 heteroatoms. The Kier molecular flexibility index (Phi) is 4.12. The summed E-state index contributed by atoms with van der Waals surface area (Å²) in [7, 11) is -2.98. The SMILES string of the molecule is CCN(C(=O)Cc1ccc2c(c1)CCO2)C1CCS(=O)(=O)C1. The molecule has 120 valence electrons. The van der Waals surface area contributed by atoms with E-state index in [1.54, 1.807) is 4.90 Å². The summed E-state index contributed by atoms with van der Waals surface area (Å²) in [6.07, 6.45) is 1.76. The first-order chi connectivity index (χ1) is 10.5. The summed E-state index contributed by atoms with van der Waals surface area (Å²) < 4.78 is 28.7. The number of ether oxygens (including phenoxy) is 1. The third-order valence-corrected chi connectivity index (χ3v) is 6.17. The molecule has 22 heavy (non-hydrogen) atoms. The summed E-state index contributed by atoms with van der Waals surface area (Å²) in [6, 6.07) is 5.70. The minimum Gasteiger partial charge on any atom is -0.493 e. The van der Waals surface area contributed by atoms with Crippen molar-refractivity contribution in [2.75, 3.05) is 24.7 Å². The van der Waals surface area contributed by atoms with Crippen LogP contribution in [0.5, 0.6) is 5.75 Å². The predicted octanol–water partition coefficient (Wildman–Crippen LogP) is 1.20. The molecule has 2 aliphatic heterocycles. The lowest BCUT2D eigenvalue weighted by molar-refractivity contribution is -0.132. The predicted molar refractivity (Wildman–Crippen MR) is 83.8 cm³/mol. The Labute approximate surface area is 131 Å². The number of hydrogen-bond acceptors (Lipinski definition) is 4. The molecule has 0 bridgehead atoms. The van der Waals surface area contributed by atoms with Crippen molar-refractivity contribution in [3.8, 4) is 5.75 Å². The monoisotopic (exact) mass is 323 g/mol. The van der Waals surface area contributed by atoms with Crippen LogP contribution in [0.3, 0.4) is 0 Å². The van der Waals surface area contributed by atoms with Gasteiger partial charge in [-0.3, -0.25) is 4.79 Å². The highest BCUT2D eigenvalue weighted by molar-refractivity contribution is 7.91. The number of rotatable bonds is 4. The molecule has 1 saturated heterocycles. The van der Waals surface area contributed by atoms with Crippen molar-refractivity contribution in [1.82, 2.24) is 4.90 Å². The van der Waals surface area contributed by atoms with Crippen LogP contribution in [-0.2, 0) is 27.5 Å². The molecule has 2 aliphatic rings. The average molecular weight is 323 g/mol.